The lowest BCUT2D eigenvalue weighted by atomic mass is 9.96. The van der Waals surface area contributed by atoms with E-state index in [9.17, 15) is 0 Å². The first kappa shape index (κ1) is 27.7. The minimum Gasteiger partial charge on any atom is -0.222 e. The van der Waals surface area contributed by atoms with Crippen LogP contribution in [0.3, 0.4) is 0 Å². The van der Waals surface area contributed by atoms with E-state index in [4.69, 9.17) is 4.62 Å². The zero-order valence-electron chi connectivity index (χ0n) is 22.5. The van der Waals surface area contributed by atoms with Gasteiger partial charge in [-0.2, -0.15) is 4.62 Å². The summed E-state index contributed by atoms with van der Waals surface area (Å²) >= 11 is 0. The van der Waals surface area contributed by atoms with E-state index in [-0.39, 0.29) is 0 Å². The lowest BCUT2D eigenvalue weighted by Gasteiger charge is -2.35. The molecule has 1 aromatic carbocycles. The molecular formula is C25H44N8OP+. The Kier molecular flexibility index (Phi) is 10.6. The molecule has 2 fully saturated rings. The molecule has 194 valence electrons. The summed E-state index contributed by atoms with van der Waals surface area (Å²) in [5.74, 6) is 0. The van der Waals surface area contributed by atoms with Crippen LogP contribution in [0.2, 0.25) is 0 Å². The zero-order chi connectivity index (χ0) is 25.3. The number of rotatable bonds is 7. The molecule has 1 heterocycles. The van der Waals surface area contributed by atoms with Crippen LogP contribution >= 0.6 is 7.94 Å². The molecule has 0 aliphatic heterocycles. The standard InChI is InChI=1S/C13H22N2.C12H22N6OP/c1-3-7-12(8-4-1)14-11-15-13-9-5-2-6-10-13;1-15(2)20(16(3)4,17(5)6)19-18-12-10-8-7-9-11(12)13-14-18/h12-13H,1-10H2;7-10H,1-6H3/q;+1. The molecule has 0 amide bonds. The second-order valence-electron chi connectivity index (χ2n) is 10.0. The minimum atomic E-state index is -2.14. The fourth-order valence-electron chi connectivity index (χ4n) is 4.92. The van der Waals surface area contributed by atoms with Crippen molar-refractivity contribution in [3.63, 3.8) is 0 Å². The van der Waals surface area contributed by atoms with E-state index in [2.05, 4.69) is 40.3 Å². The molecule has 0 saturated heterocycles. The molecule has 2 aliphatic carbocycles. The number of nitrogens with zero attached hydrogens (tertiary/aromatic N) is 8. The minimum absolute atomic E-state index is 0.533. The maximum atomic E-state index is 6.27. The van der Waals surface area contributed by atoms with Gasteiger partial charge in [0, 0.05) is 42.3 Å². The Morgan fingerprint density at radius 2 is 1.29 bits per heavy atom. The van der Waals surface area contributed by atoms with E-state index >= 15 is 0 Å². The topological polar surface area (TPSA) is 74.4 Å². The van der Waals surface area contributed by atoms with Gasteiger partial charge in [0.2, 0.25) is 0 Å². The Morgan fingerprint density at radius 3 is 1.77 bits per heavy atom. The molecule has 4 rings (SSSR count). The zero-order valence-corrected chi connectivity index (χ0v) is 23.4. The summed E-state index contributed by atoms with van der Waals surface area (Å²) in [5, 5.41) is 8.25. The molecule has 0 spiro atoms. The highest BCUT2D eigenvalue weighted by atomic mass is 31.2. The number of hydrogen-bond acceptors (Lipinski definition) is 8. The summed E-state index contributed by atoms with van der Waals surface area (Å²) in [7, 11) is 9.90. The average molecular weight is 504 g/mol. The van der Waals surface area contributed by atoms with Crippen LogP contribution < -0.4 is 4.62 Å². The third kappa shape index (κ3) is 7.31. The van der Waals surface area contributed by atoms with Gasteiger partial charge in [-0.3, -0.25) is 0 Å². The summed E-state index contributed by atoms with van der Waals surface area (Å²) in [6, 6.07) is 11.8. The SMILES string of the molecule is C(=NC1CCCCC1)=NC1CCCCC1.CN(C)[P+](On1nnc2ccccc21)(N(C)C)N(C)C. The molecule has 2 aliphatic rings. The summed E-state index contributed by atoms with van der Waals surface area (Å²) in [5.41, 5.74) is 1.68. The van der Waals surface area contributed by atoms with Gasteiger partial charge < -0.3 is 0 Å². The van der Waals surface area contributed by atoms with Gasteiger partial charge in [-0.25, -0.2) is 9.98 Å². The highest BCUT2D eigenvalue weighted by Crippen LogP contribution is 2.61. The van der Waals surface area contributed by atoms with Crippen molar-refractivity contribution in [1.82, 2.24) is 29.2 Å². The smallest absolute Gasteiger partial charge is 0.222 e. The van der Waals surface area contributed by atoms with E-state index < -0.39 is 7.94 Å². The normalized spacial score (nSPS) is 17.9. The van der Waals surface area contributed by atoms with Gasteiger partial charge in [0.15, 0.2) is 0 Å². The predicted molar refractivity (Wildman–Crippen MR) is 146 cm³/mol. The first-order valence-electron chi connectivity index (χ1n) is 12.9. The Morgan fingerprint density at radius 1 is 0.800 bits per heavy atom. The number of aliphatic imine (C=N–C) groups is 2. The van der Waals surface area contributed by atoms with Gasteiger partial charge in [0.05, 0.1) is 18.1 Å². The Labute approximate surface area is 211 Å². The van der Waals surface area contributed by atoms with Crippen molar-refractivity contribution in [2.75, 3.05) is 42.3 Å². The van der Waals surface area contributed by atoms with Crippen LogP contribution in [0.1, 0.15) is 64.2 Å². The second-order valence-corrected chi connectivity index (χ2v) is 13.6. The average Bonchev–Trinajstić information content (AvgIpc) is 3.26. The van der Waals surface area contributed by atoms with Crippen molar-refractivity contribution >= 4 is 25.0 Å². The third-order valence-electron chi connectivity index (χ3n) is 6.70. The number of hydrogen-bond donors (Lipinski definition) is 0. The van der Waals surface area contributed by atoms with E-state index in [1.165, 1.54) is 69.1 Å². The fraction of sp³-hybridized carbons (Fsp3) is 0.720. The lowest BCUT2D eigenvalue weighted by Crippen LogP contribution is -2.42. The number of benzene rings is 1. The third-order valence-corrected chi connectivity index (χ3v) is 10.2. The van der Waals surface area contributed by atoms with Gasteiger partial charge in [-0.15, -0.1) is 19.1 Å². The second kappa shape index (κ2) is 13.4. The van der Waals surface area contributed by atoms with Crippen molar-refractivity contribution in [3.8, 4) is 0 Å². The van der Waals surface area contributed by atoms with Crippen LogP contribution in [0, 0.1) is 0 Å². The quantitative estimate of drug-likeness (QED) is 0.389. The van der Waals surface area contributed by atoms with Gasteiger partial charge in [0.1, 0.15) is 11.0 Å². The maximum Gasteiger partial charge on any atom is 0.449 e. The Balaban J connectivity index is 0.000000203. The van der Waals surface area contributed by atoms with Crippen LogP contribution in [0.4, 0.5) is 0 Å². The molecule has 2 aromatic rings. The van der Waals surface area contributed by atoms with E-state index in [1.54, 1.807) is 0 Å². The molecule has 35 heavy (non-hydrogen) atoms. The molecular weight excluding hydrogens is 459 g/mol. The first-order valence-corrected chi connectivity index (χ1v) is 14.5. The van der Waals surface area contributed by atoms with Crippen molar-refractivity contribution in [3.05, 3.63) is 24.3 Å². The van der Waals surface area contributed by atoms with Crippen molar-refractivity contribution in [1.29, 1.82) is 0 Å². The van der Waals surface area contributed by atoms with E-state index in [0.717, 1.165) is 11.0 Å². The molecule has 0 N–H and O–H groups in total. The van der Waals surface area contributed by atoms with Gasteiger partial charge >= 0.3 is 7.94 Å². The van der Waals surface area contributed by atoms with Crippen LogP contribution in [0.5, 0.6) is 0 Å². The summed E-state index contributed by atoms with van der Waals surface area (Å²) < 4.78 is 12.5. The number of para-hydroxylation sites is 1. The van der Waals surface area contributed by atoms with Crippen LogP contribution in [0.25, 0.3) is 11.0 Å². The Hall–Kier alpha value is -1.89. The van der Waals surface area contributed by atoms with Crippen molar-refractivity contribution in [2.45, 2.75) is 76.3 Å². The highest BCUT2D eigenvalue weighted by Gasteiger charge is 2.54. The molecule has 0 unspecified atom stereocenters. The van der Waals surface area contributed by atoms with Crippen LogP contribution in [-0.2, 0) is 0 Å². The number of fused-ring (bicyclic) bond motifs is 1. The molecule has 1 aromatic heterocycles. The monoisotopic (exact) mass is 503 g/mol. The Bertz CT molecular complexity index is 914. The maximum absolute atomic E-state index is 6.27. The van der Waals surface area contributed by atoms with Crippen LogP contribution in [-0.4, -0.2) is 89.5 Å². The molecule has 0 atom stereocenters. The predicted octanol–water partition coefficient (Wildman–Crippen LogP) is 5.05. The lowest BCUT2D eigenvalue weighted by molar-refractivity contribution is 0.189. The summed E-state index contributed by atoms with van der Waals surface area (Å²) in [6.45, 7) is 0. The van der Waals surface area contributed by atoms with Crippen LogP contribution in [0.15, 0.2) is 34.3 Å². The molecule has 10 heteroatoms. The molecule has 2 saturated carbocycles. The first-order chi connectivity index (χ1) is 16.8. The molecule has 0 bridgehead atoms. The molecule has 0 radical (unpaired) electrons. The summed E-state index contributed by atoms with van der Waals surface area (Å²) in [4.78, 5) is 10.4. The van der Waals surface area contributed by atoms with Crippen molar-refractivity contribution < 1.29 is 4.62 Å². The summed E-state index contributed by atoms with van der Waals surface area (Å²) in [6.07, 6.45) is 13.2. The number of aromatic nitrogens is 3. The van der Waals surface area contributed by atoms with Crippen molar-refractivity contribution in [2.24, 2.45) is 9.98 Å². The van der Waals surface area contributed by atoms with E-state index in [0.29, 0.717) is 12.1 Å². The van der Waals surface area contributed by atoms with Gasteiger partial charge in [-0.1, -0.05) is 50.7 Å². The largest absolute Gasteiger partial charge is 0.449 e. The van der Waals surface area contributed by atoms with Gasteiger partial charge in [0.25, 0.3) is 0 Å². The van der Waals surface area contributed by atoms with Gasteiger partial charge in [-0.05, 0) is 47.9 Å². The fourth-order valence-corrected chi connectivity index (χ4v) is 7.83. The van der Waals surface area contributed by atoms with E-state index in [1.807, 2.05) is 66.6 Å². The molecule has 9 nitrogen and oxygen atoms in total. The highest BCUT2D eigenvalue weighted by molar-refractivity contribution is 7.64.